The van der Waals surface area contributed by atoms with E-state index in [1.807, 2.05) is 45.0 Å². The molecule has 6 heteroatoms. The Kier molecular flexibility index (Phi) is 7.46. The van der Waals surface area contributed by atoms with Gasteiger partial charge in [-0.25, -0.2) is 4.79 Å². The fourth-order valence-electron chi connectivity index (χ4n) is 3.21. The number of carbonyl (C=O) groups is 1. The highest BCUT2D eigenvalue weighted by molar-refractivity contribution is 5.94. The molecular formula is C25H31N3O3. The van der Waals surface area contributed by atoms with Crippen molar-refractivity contribution >= 4 is 17.3 Å². The van der Waals surface area contributed by atoms with Gasteiger partial charge in [-0.1, -0.05) is 51.6 Å². The van der Waals surface area contributed by atoms with E-state index in [0.29, 0.717) is 29.1 Å². The van der Waals surface area contributed by atoms with E-state index in [2.05, 4.69) is 38.5 Å². The van der Waals surface area contributed by atoms with Gasteiger partial charge < -0.3 is 9.47 Å². The fraction of sp³-hybridized carbons (Fsp3) is 0.400. The summed E-state index contributed by atoms with van der Waals surface area (Å²) in [5.74, 6) is -0.271. The molecule has 0 amide bonds. The number of allylic oxidation sites excluding steroid dienone is 1. The van der Waals surface area contributed by atoms with Crippen LogP contribution < -0.4 is 0 Å². The van der Waals surface area contributed by atoms with Crippen LogP contribution in [-0.2, 0) is 26.2 Å². The van der Waals surface area contributed by atoms with Crippen LogP contribution in [0.1, 0.15) is 62.7 Å². The van der Waals surface area contributed by atoms with Crippen molar-refractivity contribution in [2.45, 2.75) is 66.7 Å². The van der Waals surface area contributed by atoms with Crippen molar-refractivity contribution in [3.05, 3.63) is 65.0 Å². The molecule has 0 saturated carbocycles. The van der Waals surface area contributed by atoms with E-state index in [-0.39, 0.29) is 5.41 Å². The molecule has 0 radical (unpaired) electrons. The van der Waals surface area contributed by atoms with Crippen molar-refractivity contribution in [1.29, 1.82) is 5.26 Å². The summed E-state index contributed by atoms with van der Waals surface area (Å²) in [4.78, 5) is 11.7. The maximum atomic E-state index is 11.7. The Morgan fingerprint density at radius 3 is 2.35 bits per heavy atom. The van der Waals surface area contributed by atoms with Gasteiger partial charge in [0, 0.05) is 25.1 Å². The Morgan fingerprint density at radius 1 is 1.26 bits per heavy atom. The van der Waals surface area contributed by atoms with E-state index in [9.17, 15) is 10.1 Å². The van der Waals surface area contributed by atoms with Crippen molar-refractivity contribution in [2.24, 2.45) is 0 Å². The van der Waals surface area contributed by atoms with Crippen LogP contribution in [-0.4, -0.2) is 22.0 Å². The smallest absolute Gasteiger partial charge is 0.333 e. The van der Waals surface area contributed by atoms with Crippen molar-refractivity contribution < 1.29 is 14.3 Å². The summed E-state index contributed by atoms with van der Waals surface area (Å²) in [5, 5.41) is 14.7. The number of aryl methyl sites for hydroxylation is 2. The molecule has 1 unspecified atom stereocenters. The van der Waals surface area contributed by atoms with E-state index in [1.165, 1.54) is 0 Å². The molecule has 31 heavy (non-hydrogen) atoms. The summed E-state index contributed by atoms with van der Waals surface area (Å²) in [6.07, 6.45) is 0.156. The zero-order chi connectivity index (χ0) is 23.3. The second kappa shape index (κ2) is 9.65. The molecule has 164 valence electrons. The zero-order valence-corrected chi connectivity index (χ0v) is 19.4. The standard InChI is InChI=1S/C25H31N3O3/c1-9-22(29)30-18(5)31-24(23-16(3)17(4)27-28(23)10-2)21(15-26)19-11-13-20(14-12-19)25(6,7)8/h9,11-14,18H,1,10H2,2-8H3/b24-21-. The van der Waals surface area contributed by atoms with Gasteiger partial charge in [-0.2, -0.15) is 10.4 Å². The topological polar surface area (TPSA) is 77.1 Å². The second-order valence-corrected chi connectivity index (χ2v) is 8.34. The first kappa shape index (κ1) is 23.9. The maximum Gasteiger partial charge on any atom is 0.333 e. The number of nitriles is 1. The van der Waals surface area contributed by atoms with Gasteiger partial charge in [0.15, 0.2) is 5.76 Å². The zero-order valence-electron chi connectivity index (χ0n) is 19.4. The van der Waals surface area contributed by atoms with E-state index in [4.69, 9.17) is 9.47 Å². The molecule has 0 spiro atoms. The molecule has 0 aliphatic carbocycles. The van der Waals surface area contributed by atoms with Crippen molar-refractivity contribution in [2.75, 3.05) is 0 Å². The third-order valence-corrected chi connectivity index (χ3v) is 5.05. The lowest BCUT2D eigenvalue weighted by Gasteiger charge is -2.21. The number of nitrogens with zero attached hydrogens (tertiary/aromatic N) is 3. The molecule has 2 rings (SSSR count). The summed E-state index contributed by atoms with van der Waals surface area (Å²) in [6, 6.07) is 10.1. The minimum Gasteiger partial charge on any atom is -0.451 e. The molecule has 0 N–H and O–H groups in total. The number of benzene rings is 1. The van der Waals surface area contributed by atoms with Crippen LogP contribution in [0.5, 0.6) is 0 Å². The Bertz CT molecular complexity index is 1030. The molecule has 1 heterocycles. The van der Waals surface area contributed by atoms with Crippen LogP contribution in [0.4, 0.5) is 0 Å². The van der Waals surface area contributed by atoms with E-state index in [0.717, 1.165) is 22.9 Å². The number of rotatable bonds is 7. The van der Waals surface area contributed by atoms with Gasteiger partial charge in [-0.15, -0.1) is 0 Å². The third kappa shape index (κ3) is 5.43. The van der Waals surface area contributed by atoms with Crippen LogP contribution >= 0.6 is 0 Å². The first-order chi connectivity index (χ1) is 14.5. The molecule has 0 aliphatic heterocycles. The molecule has 2 aromatic rings. The minimum absolute atomic E-state index is 0.00366. The van der Waals surface area contributed by atoms with Gasteiger partial charge >= 0.3 is 5.97 Å². The van der Waals surface area contributed by atoms with Gasteiger partial charge in [-0.05, 0) is 37.3 Å². The lowest BCUT2D eigenvalue weighted by Crippen LogP contribution is -2.18. The van der Waals surface area contributed by atoms with Gasteiger partial charge in [0.25, 0.3) is 0 Å². The molecule has 0 bridgehead atoms. The molecule has 1 atom stereocenters. The van der Waals surface area contributed by atoms with Gasteiger partial charge in [0.1, 0.15) is 17.3 Å². The highest BCUT2D eigenvalue weighted by atomic mass is 16.7. The van der Waals surface area contributed by atoms with Gasteiger partial charge in [0.05, 0.1) is 5.69 Å². The molecule has 0 fully saturated rings. The Labute approximate surface area is 184 Å². The summed E-state index contributed by atoms with van der Waals surface area (Å²) in [5.41, 5.74) is 4.66. The summed E-state index contributed by atoms with van der Waals surface area (Å²) in [6.45, 7) is 17.8. The minimum atomic E-state index is -0.919. The molecule has 0 saturated heterocycles. The van der Waals surface area contributed by atoms with Crippen molar-refractivity contribution in [3.8, 4) is 6.07 Å². The number of aromatic nitrogens is 2. The van der Waals surface area contributed by atoms with E-state index >= 15 is 0 Å². The van der Waals surface area contributed by atoms with Crippen molar-refractivity contribution in [1.82, 2.24) is 9.78 Å². The maximum absolute atomic E-state index is 11.7. The van der Waals surface area contributed by atoms with E-state index < -0.39 is 12.3 Å². The Hall–Kier alpha value is -3.33. The summed E-state index contributed by atoms with van der Waals surface area (Å²) in [7, 11) is 0. The SMILES string of the molecule is C=CC(=O)OC(C)O/C(=C(/C#N)c1ccc(C(C)(C)C)cc1)c1c(C)c(C)nn1CC. The first-order valence-electron chi connectivity index (χ1n) is 10.3. The first-order valence-corrected chi connectivity index (χ1v) is 10.3. The molecule has 1 aromatic heterocycles. The number of carbonyl (C=O) groups excluding carboxylic acids is 1. The third-order valence-electron chi connectivity index (χ3n) is 5.05. The predicted octanol–water partition coefficient (Wildman–Crippen LogP) is 5.30. The average molecular weight is 422 g/mol. The van der Waals surface area contributed by atoms with Gasteiger partial charge in [-0.3, -0.25) is 4.68 Å². The molecule has 6 nitrogen and oxygen atoms in total. The Morgan fingerprint density at radius 2 is 1.87 bits per heavy atom. The van der Waals surface area contributed by atoms with Crippen LogP contribution in [0.25, 0.3) is 11.3 Å². The Balaban J connectivity index is 2.69. The highest BCUT2D eigenvalue weighted by Crippen LogP contribution is 2.33. The van der Waals surface area contributed by atoms with Crippen molar-refractivity contribution in [3.63, 3.8) is 0 Å². The monoisotopic (exact) mass is 421 g/mol. The number of hydrogen-bond acceptors (Lipinski definition) is 5. The number of esters is 1. The van der Waals surface area contributed by atoms with Gasteiger partial charge in [0.2, 0.25) is 6.29 Å². The predicted molar refractivity (Wildman–Crippen MR) is 122 cm³/mol. The number of ether oxygens (including phenoxy) is 2. The molecule has 0 aliphatic rings. The normalized spacial score (nSPS) is 13.1. The summed E-state index contributed by atoms with van der Waals surface area (Å²) < 4.78 is 13.1. The highest BCUT2D eigenvalue weighted by Gasteiger charge is 2.25. The summed E-state index contributed by atoms with van der Waals surface area (Å²) >= 11 is 0. The lowest BCUT2D eigenvalue weighted by atomic mass is 9.86. The van der Waals surface area contributed by atoms with Crippen LogP contribution in [0.2, 0.25) is 0 Å². The van der Waals surface area contributed by atoms with Crippen LogP contribution in [0.15, 0.2) is 36.9 Å². The lowest BCUT2D eigenvalue weighted by molar-refractivity contribution is -0.157. The van der Waals surface area contributed by atoms with Crippen LogP contribution in [0, 0.1) is 25.2 Å². The molecular weight excluding hydrogens is 390 g/mol. The fourth-order valence-corrected chi connectivity index (χ4v) is 3.21. The largest absolute Gasteiger partial charge is 0.451 e. The second-order valence-electron chi connectivity index (χ2n) is 8.34. The molecule has 1 aromatic carbocycles. The van der Waals surface area contributed by atoms with E-state index in [1.54, 1.807) is 11.6 Å². The number of hydrogen-bond donors (Lipinski definition) is 0. The van der Waals surface area contributed by atoms with Crippen LogP contribution in [0.3, 0.4) is 0 Å². The quantitative estimate of drug-likeness (QED) is 0.199. The average Bonchev–Trinajstić information content (AvgIpc) is 3.01.